The van der Waals surface area contributed by atoms with Crippen LogP contribution in [0.1, 0.15) is 5.56 Å². The van der Waals surface area contributed by atoms with Crippen LogP contribution in [0.4, 0.5) is 10.5 Å². The summed E-state index contributed by atoms with van der Waals surface area (Å²) >= 11 is 10.4. The third-order valence-electron chi connectivity index (χ3n) is 3.69. The van der Waals surface area contributed by atoms with Crippen LogP contribution in [0, 0.1) is 0 Å². The molecule has 6 nitrogen and oxygen atoms in total. The lowest BCUT2D eigenvalue weighted by Gasteiger charge is -2.12. The normalized spacial score (nSPS) is 15.2. The number of anilines is 1. The number of ether oxygens (including phenoxy) is 2. The quantitative estimate of drug-likeness (QED) is 0.446. The Bertz CT molecular complexity index is 957. The largest absolute Gasteiger partial charge is 0.479 e. The maximum atomic E-state index is 12.7. The number of benzene rings is 2. The molecule has 1 saturated heterocycles. The molecule has 28 heavy (non-hydrogen) atoms. The van der Waals surface area contributed by atoms with Gasteiger partial charge in [0.25, 0.3) is 11.1 Å². The number of imide groups is 1. The predicted octanol–water partition coefficient (Wildman–Crippen LogP) is 4.90. The minimum absolute atomic E-state index is 0.242. The zero-order valence-corrected chi connectivity index (χ0v) is 17.6. The van der Waals surface area contributed by atoms with Crippen LogP contribution in [0.5, 0.6) is 5.75 Å². The molecule has 1 fully saturated rings. The number of amides is 2. The van der Waals surface area contributed by atoms with Crippen LogP contribution < -0.4 is 9.64 Å². The molecule has 1 heterocycles. The topological polar surface area (TPSA) is 72.9 Å². The Kier molecular flexibility index (Phi) is 6.43. The van der Waals surface area contributed by atoms with E-state index in [1.54, 1.807) is 42.5 Å². The minimum Gasteiger partial charge on any atom is -0.479 e. The molecule has 0 radical (unpaired) electrons. The fourth-order valence-electron chi connectivity index (χ4n) is 2.41. The Balaban J connectivity index is 1.85. The summed E-state index contributed by atoms with van der Waals surface area (Å²) in [6.07, 6.45) is 1.58. The molecule has 2 aromatic carbocycles. The molecule has 2 amide bonds. The van der Waals surface area contributed by atoms with Crippen LogP contribution in [0.15, 0.2) is 51.8 Å². The van der Waals surface area contributed by atoms with E-state index >= 15 is 0 Å². The van der Waals surface area contributed by atoms with Crippen LogP contribution >= 0.6 is 39.3 Å². The monoisotopic (exact) mass is 481 g/mol. The summed E-state index contributed by atoms with van der Waals surface area (Å²) in [6, 6.07) is 12.0. The lowest BCUT2D eigenvalue weighted by Crippen LogP contribution is -2.27. The molecule has 0 aromatic heterocycles. The summed E-state index contributed by atoms with van der Waals surface area (Å²) in [4.78, 5) is 37.6. The van der Waals surface area contributed by atoms with Gasteiger partial charge in [0, 0.05) is 0 Å². The summed E-state index contributed by atoms with van der Waals surface area (Å²) < 4.78 is 10.4. The maximum Gasteiger partial charge on any atom is 0.343 e. The van der Waals surface area contributed by atoms with Gasteiger partial charge in [-0.3, -0.25) is 9.59 Å². The zero-order chi connectivity index (χ0) is 20.3. The van der Waals surface area contributed by atoms with Crippen molar-refractivity contribution >= 4 is 68.2 Å². The highest BCUT2D eigenvalue weighted by Crippen LogP contribution is 2.38. The van der Waals surface area contributed by atoms with Gasteiger partial charge in [0.05, 0.1) is 27.2 Å². The zero-order valence-electron chi connectivity index (χ0n) is 14.5. The van der Waals surface area contributed by atoms with E-state index in [-0.39, 0.29) is 27.5 Å². The van der Waals surface area contributed by atoms with E-state index in [2.05, 4.69) is 20.7 Å². The van der Waals surface area contributed by atoms with Gasteiger partial charge < -0.3 is 9.47 Å². The van der Waals surface area contributed by atoms with Gasteiger partial charge in [0.2, 0.25) is 0 Å². The van der Waals surface area contributed by atoms with E-state index in [1.807, 2.05) is 6.07 Å². The van der Waals surface area contributed by atoms with Gasteiger partial charge in [0.15, 0.2) is 12.4 Å². The summed E-state index contributed by atoms with van der Waals surface area (Å²) in [5.74, 6) is -0.664. The number of rotatable bonds is 5. The fourth-order valence-corrected chi connectivity index (χ4v) is 4.24. The second-order valence-corrected chi connectivity index (χ2v) is 7.79. The molecule has 0 bridgehead atoms. The van der Waals surface area contributed by atoms with Crippen LogP contribution in [0.3, 0.4) is 0 Å². The number of thioether (sulfide) groups is 1. The van der Waals surface area contributed by atoms with Gasteiger partial charge >= 0.3 is 5.97 Å². The number of carbonyl (C=O) groups is 3. The van der Waals surface area contributed by atoms with Crippen molar-refractivity contribution in [2.75, 3.05) is 18.6 Å². The molecule has 0 aliphatic carbocycles. The number of para-hydroxylation sites is 1. The molecule has 3 rings (SSSR count). The second kappa shape index (κ2) is 8.81. The van der Waals surface area contributed by atoms with Crippen LogP contribution in [-0.2, 0) is 14.3 Å². The van der Waals surface area contributed by atoms with Gasteiger partial charge in [-0.1, -0.05) is 29.8 Å². The summed E-state index contributed by atoms with van der Waals surface area (Å²) in [7, 11) is 1.26. The van der Waals surface area contributed by atoms with Gasteiger partial charge in [0.1, 0.15) is 0 Å². The van der Waals surface area contributed by atoms with Crippen molar-refractivity contribution in [1.82, 2.24) is 0 Å². The number of methoxy groups -OCH3 is 1. The van der Waals surface area contributed by atoms with Crippen LogP contribution in [0.25, 0.3) is 6.08 Å². The number of halogens is 2. The summed E-state index contributed by atoms with van der Waals surface area (Å²) in [5.41, 5.74) is 1.11. The van der Waals surface area contributed by atoms with Crippen molar-refractivity contribution in [3.63, 3.8) is 0 Å². The Morgan fingerprint density at radius 3 is 2.61 bits per heavy atom. The number of esters is 1. The first kappa shape index (κ1) is 20.4. The summed E-state index contributed by atoms with van der Waals surface area (Å²) in [6.45, 7) is -0.288. The first-order valence-electron chi connectivity index (χ1n) is 7.92. The van der Waals surface area contributed by atoms with Gasteiger partial charge in [-0.05, 0) is 63.6 Å². The lowest BCUT2D eigenvalue weighted by atomic mass is 10.2. The molecule has 2 aromatic rings. The Hall–Kier alpha value is -2.29. The van der Waals surface area contributed by atoms with Gasteiger partial charge in [-0.15, -0.1) is 0 Å². The average Bonchev–Trinajstić information content (AvgIpc) is 2.94. The third kappa shape index (κ3) is 4.40. The van der Waals surface area contributed by atoms with Gasteiger partial charge in [-0.2, -0.15) is 0 Å². The Labute approximate surface area is 178 Å². The number of carbonyl (C=O) groups excluding carboxylic acids is 3. The number of nitrogens with zero attached hydrogens (tertiary/aromatic N) is 1. The third-order valence-corrected chi connectivity index (χ3v) is 5.43. The molecule has 0 saturated carbocycles. The van der Waals surface area contributed by atoms with Crippen molar-refractivity contribution in [2.45, 2.75) is 0 Å². The second-order valence-electron chi connectivity index (χ2n) is 5.53. The highest BCUT2D eigenvalue weighted by Gasteiger charge is 2.36. The molecule has 1 aliphatic rings. The minimum atomic E-state index is -0.540. The first-order chi connectivity index (χ1) is 13.4. The van der Waals surface area contributed by atoms with Crippen molar-refractivity contribution in [1.29, 1.82) is 0 Å². The van der Waals surface area contributed by atoms with E-state index < -0.39 is 11.9 Å². The van der Waals surface area contributed by atoms with E-state index in [0.29, 0.717) is 15.7 Å². The highest BCUT2D eigenvalue weighted by atomic mass is 79.9. The molecule has 1 aliphatic heterocycles. The van der Waals surface area contributed by atoms with Crippen molar-refractivity contribution < 1.29 is 23.9 Å². The molecule has 0 atom stereocenters. The molecule has 0 spiro atoms. The highest BCUT2D eigenvalue weighted by molar-refractivity contribution is 9.10. The predicted molar refractivity (Wildman–Crippen MR) is 112 cm³/mol. The standard InChI is InChI=1S/C19H13BrClNO5S/c1-26-16(23)10-27-17-13(20)7-11(8-14(17)21)9-15-18(24)22(19(25)28-15)12-5-3-2-4-6-12/h2-9H,10H2,1H3/b15-9+. The Morgan fingerprint density at radius 1 is 1.25 bits per heavy atom. The van der Waals surface area contributed by atoms with E-state index in [9.17, 15) is 14.4 Å². The summed E-state index contributed by atoms with van der Waals surface area (Å²) in [5, 5.41) is -0.127. The van der Waals surface area contributed by atoms with Crippen molar-refractivity contribution in [3.8, 4) is 5.75 Å². The SMILES string of the molecule is COC(=O)COc1c(Cl)cc(/C=C2/SC(=O)N(c3ccccc3)C2=O)cc1Br. The van der Waals surface area contributed by atoms with Crippen molar-refractivity contribution in [3.05, 3.63) is 62.4 Å². The van der Waals surface area contributed by atoms with Crippen LogP contribution in [0.2, 0.25) is 5.02 Å². The lowest BCUT2D eigenvalue weighted by molar-refractivity contribution is -0.142. The van der Waals surface area contributed by atoms with E-state index in [1.165, 1.54) is 7.11 Å². The number of hydrogen-bond donors (Lipinski definition) is 0. The maximum absolute atomic E-state index is 12.7. The fraction of sp³-hybridized carbons (Fsp3) is 0.105. The Morgan fingerprint density at radius 2 is 1.96 bits per heavy atom. The van der Waals surface area contributed by atoms with Gasteiger partial charge in [-0.25, -0.2) is 9.69 Å². The average molecular weight is 483 g/mol. The first-order valence-corrected chi connectivity index (χ1v) is 9.91. The number of hydrogen-bond acceptors (Lipinski definition) is 6. The smallest absolute Gasteiger partial charge is 0.343 e. The molecule has 144 valence electrons. The van der Waals surface area contributed by atoms with E-state index in [0.717, 1.165) is 16.7 Å². The molecule has 0 unspecified atom stereocenters. The van der Waals surface area contributed by atoms with Crippen molar-refractivity contribution in [2.24, 2.45) is 0 Å². The van der Waals surface area contributed by atoms with E-state index in [4.69, 9.17) is 16.3 Å². The molecular weight excluding hydrogens is 470 g/mol. The molecular formula is C19H13BrClNO5S. The molecule has 9 heteroatoms. The molecule has 0 N–H and O–H groups in total. The van der Waals surface area contributed by atoms with Crippen LogP contribution in [-0.4, -0.2) is 30.8 Å².